The van der Waals surface area contributed by atoms with Crippen molar-refractivity contribution in [1.82, 2.24) is 9.97 Å². The molecule has 2 N–H and O–H groups in total. The second-order valence-corrected chi connectivity index (χ2v) is 5.74. The number of nitrogens with one attached hydrogen (secondary N) is 1. The lowest BCUT2D eigenvalue weighted by atomic mass is 10.1. The van der Waals surface area contributed by atoms with E-state index in [9.17, 15) is 9.59 Å². The van der Waals surface area contributed by atoms with Crippen LogP contribution < -0.4 is 5.32 Å². The molecule has 0 aliphatic heterocycles. The molecule has 0 atom stereocenters. The highest BCUT2D eigenvalue weighted by atomic mass is 16.4. The lowest BCUT2D eigenvalue weighted by Gasteiger charge is -2.07. The van der Waals surface area contributed by atoms with Crippen molar-refractivity contribution in [2.45, 2.75) is 0 Å². The van der Waals surface area contributed by atoms with Crippen molar-refractivity contribution in [3.05, 3.63) is 78.1 Å². The molecule has 2 aromatic heterocycles. The zero-order valence-corrected chi connectivity index (χ0v) is 13.9. The minimum Gasteiger partial charge on any atom is -0.478 e. The predicted molar refractivity (Wildman–Crippen MR) is 98.6 cm³/mol. The van der Waals surface area contributed by atoms with Gasteiger partial charge in [-0.15, -0.1) is 0 Å². The van der Waals surface area contributed by atoms with Crippen LogP contribution in [0.3, 0.4) is 0 Å². The topological polar surface area (TPSA) is 105 Å². The maximum absolute atomic E-state index is 12.4. The summed E-state index contributed by atoms with van der Waals surface area (Å²) in [6.45, 7) is 0. The summed E-state index contributed by atoms with van der Waals surface area (Å²) in [7, 11) is 0. The Morgan fingerprint density at radius 1 is 0.963 bits per heavy atom. The first-order valence-corrected chi connectivity index (χ1v) is 8.06. The van der Waals surface area contributed by atoms with Gasteiger partial charge in [0.05, 0.1) is 11.1 Å². The zero-order chi connectivity index (χ0) is 18.8. The molecule has 1 amide bonds. The van der Waals surface area contributed by atoms with Crippen LogP contribution in [0.5, 0.6) is 0 Å². The molecule has 2 heterocycles. The van der Waals surface area contributed by atoms with Crippen molar-refractivity contribution in [2.75, 3.05) is 5.32 Å². The summed E-state index contributed by atoms with van der Waals surface area (Å²) in [4.78, 5) is 31.8. The molecule has 0 spiro atoms. The first kappa shape index (κ1) is 16.5. The summed E-state index contributed by atoms with van der Waals surface area (Å²) in [6, 6.07) is 15.8. The normalized spacial score (nSPS) is 10.7. The minimum absolute atomic E-state index is 0.0422. The Labute approximate surface area is 153 Å². The molecule has 132 valence electrons. The Kier molecular flexibility index (Phi) is 4.10. The SMILES string of the molecule is O=C(O)c1cnccc1C(=O)Nc1ccc(-c2nc3ccccc3o2)cc1. The van der Waals surface area contributed by atoms with Gasteiger partial charge in [-0.25, -0.2) is 9.78 Å². The summed E-state index contributed by atoms with van der Waals surface area (Å²) >= 11 is 0. The standard InChI is InChI=1S/C20H13N3O4/c24-18(14-9-10-21-11-15(14)20(25)26)22-13-7-5-12(6-8-13)19-23-16-3-1-2-4-17(16)27-19/h1-11H,(H,22,24)(H,25,26). The van der Waals surface area contributed by atoms with Crippen LogP contribution in [0.25, 0.3) is 22.6 Å². The number of carbonyl (C=O) groups excluding carboxylic acids is 1. The number of pyridine rings is 1. The van der Waals surface area contributed by atoms with Crippen LogP contribution in [0.1, 0.15) is 20.7 Å². The highest BCUT2D eigenvalue weighted by Crippen LogP contribution is 2.25. The highest BCUT2D eigenvalue weighted by Gasteiger charge is 2.16. The predicted octanol–water partition coefficient (Wildman–Crippen LogP) is 3.84. The number of carbonyl (C=O) groups is 2. The van der Waals surface area contributed by atoms with Crippen molar-refractivity contribution < 1.29 is 19.1 Å². The molecule has 0 saturated heterocycles. The molecule has 4 aromatic rings. The van der Waals surface area contributed by atoms with Gasteiger partial charge in [0.25, 0.3) is 5.91 Å². The van der Waals surface area contributed by atoms with Gasteiger partial charge in [0, 0.05) is 23.6 Å². The van der Waals surface area contributed by atoms with Gasteiger partial charge < -0.3 is 14.8 Å². The number of anilines is 1. The maximum atomic E-state index is 12.4. The van der Waals surface area contributed by atoms with Gasteiger partial charge in [-0.2, -0.15) is 0 Å². The number of aromatic carboxylic acids is 1. The summed E-state index contributed by atoms with van der Waals surface area (Å²) < 4.78 is 5.72. The summed E-state index contributed by atoms with van der Waals surface area (Å²) in [5.41, 5.74) is 2.64. The molecule has 0 unspecified atom stereocenters. The second kappa shape index (κ2) is 6.72. The molecule has 7 heteroatoms. The first-order valence-electron chi connectivity index (χ1n) is 8.06. The lowest BCUT2D eigenvalue weighted by Crippen LogP contribution is -2.16. The number of hydrogen-bond donors (Lipinski definition) is 2. The number of hydrogen-bond acceptors (Lipinski definition) is 5. The number of aromatic nitrogens is 2. The second-order valence-electron chi connectivity index (χ2n) is 5.74. The van der Waals surface area contributed by atoms with Crippen LogP contribution in [0.4, 0.5) is 5.69 Å². The number of oxazole rings is 1. The average Bonchev–Trinajstić information content (AvgIpc) is 3.12. The van der Waals surface area contributed by atoms with Gasteiger partial charge in [-0.05, 0) is 42.5 Å². The third-order valence-corrected chi connectivity index (χ3v) is 3.98. The zero-order valence-electron chi connectivity index (χ0n) is 13.9. The number of para-hydroxylation sites is 2. The monoisotopic (exact) mass is 359 g/mol. The van der Waals surface area contributed by atoms with Gasteiger partial charge in [0.15, 0.2) is 5.58 Å². The molecule has 0 radical (unpaired) electrons. The Bertz CT molecular complexity index is 1120. The van der Waals surface area contributed by atoms with Gasteiger partial charge in [0.1, 0.15) is 5.52 Å². The van der Waals surface area contributed by atoms with Crippen LogP contribution in [0.2, 0.25) is 0 Å². The minimum atomic E-state index is -1.21. The third-order valence-electron chi connectivity index (χ3n) is 3.98. The van der Waals surface area contributed by atoms with E-state index in [0.717, 1.165) is 17.3 Å². The molecule has 0 bridgehead atoms. The van der Waals surface area contributed by atoms with Crippen molar-refractivity contribution in [1.29, 1.82) is 0 Å². The maximum Gasteiger partial charge on any atom is 0.338 e. The fourth-order valence-corrected chi connectivity index (χ4v) is 2.65. The molecule has 0 aliphatic carbocycles. The van der Waals surface area contributed by atoms with E-state index in [0.29, 0.717) is 17.2 Å². The molecule has 0 fully saturated rings. The van der Waals surface area contributed by atoms with Gasteiger partial charge in [-0.1, -0.05) is 12.1 Å². The van der Waals surface area contributed by atoms with E-state index >= 15 is 0 Å². The van der Waals surface area contributed by atoms with Crippen molar-refractivity contribution in [3.8, 4) is 11.5 Å². The molecule has 27 heavy (non-hydrogen) atoms. The van der Waals surface area contributed by atoms with Gasteiger partial charge >= 0.3 is 5.97 Å². The number of benzene rings is 2. The van der Waals surface area contributed by atoms with Crippen molar-refractivity contribution in [3.63, 3.8) is 0 Å². The molecular formula is C20H13N3O4. The van der Waals surface area contributed by atoms with E-state index in [1.807, 2.05) is 24.3 Å². The largest absolute Gasteiger partial charge is 0.478 e. The Hall–Kier alpha value is -4.00. The van der Waals surface area contributed by atoms with E-state index in [1.165, 1.54) is 12.3 Å². The number of amides is 1. The fourth-order valence-electron chi connectivity index (χ4n) is 2.65. The lowest BCUT2D eigenvalue weighted by molar-refractivity contribution is 0.0692. The number of nitrogens with zero attached hydrogens (tertiary/aromatic N) is 2. The molecule has 0 saturated carbocycles. The summed E-state index contributed by atoms with van der Waals surface area (Å²) in [5, 5.41) is 11.8. The first-order chi connectivity index (χ1) is 13.1. The van der Waals surface area contributed by atoms with Gasteiger partial charge in [-0.3, -0.25) is 9.78 Å². The molecule has 2 aromatic carbocycles. The van der Waals surface area contributed by atoms with Crippen LogP contribution in [0, 0.1) is 0 Å². The van der Waals surface area contributed by atoms with E-state index in [-0.39, 0.29) is 11.1 Å². The van der Waals surface area contributed by atoms with Gasteiger partial charge in [0.2, 0.25) is 5.89 Å². The quantitative estimate of drug-likeness (QED) is 0.573. The number of fused-ring (bicyclic) bond motifs is 1. The Morgan fingerprint density at radius 3 is 2.48 bits per heavy atom. The van der Waals surface area contributed by atoms with E-state index in [2.05, 4.69) is 15.3 Å². The van der Waals surface area contributed by atoms with Crippen LogP contribution in [-0.2, 0) is 0 Å². The highest BCUT2D eigenvalue weighted by molar-refractivity contribution is 6.10. The number of carboxylic acid groups (broad SMARTS) is 1. The summed E-state index contributed by atoms with van der Waals surface area (Å²) in [5.74, 6) is -1.25. The molecule has 4 rings (SSSR count). The summed E-state index contributed by atoms with van der Waals surface area (Å²) in [6.07, 6.45) is 2.52. The van der Waals surface area contributed by atoms with Crippen molar-refractivity contribution in [2.24, 2.45) is 0 Å². The fraction of sp³-hybridized carbons (Fsp3) is 0. The van der Waals surface area contributed by atoms with Crippen LogP contribution in [0.15, 0.2) is 71.4 Å². The average molecular weight is 359 g/mol. The third kappa shape index (κ3) is 3.25. The molecule has 0 aliphatic rings. The number of carboxylic acids is 1. The Balaban J connectivity index is 1.56. The van der Waals surface area contributed by atoms with Crippen molar-refractivity contribution >= 4 is 28.7 Å². The number of rotatable bonds is 4. The van der Waals surface area contributed by atoms with Crippen LogP contribution in [-0.4, -0.2) is 27.0 Å². The van der Waals surface area contributed by atoms with Crippen LogP contribution >= 0.6 is 0 Å². The van der Waals surface area contributed by atoms with E-state index in [4.69, 9.17) is 9.52 Å². The molecule has 7 nitrogen and oxygen atoms in total. The molecular weight excluding hydrogens is 346 g/mol. The Morgan fingerprint density at radius 2 is 1.74 bits per heavy atom. The van der Waals surface area contributed by atoms with E-state index < -0.39 is 11.9 Å². The van der Waals surface area contributed by atoms with E-state index in [1.54, 1.807) is 24.3 Å². The smallest absolute Gasteiger partial charge is 0.338 e.